The zero-order valence-corrected chi connectivity index (χ0v) is 15.3. The Morgan fingerprint density at radius 3 is 2.62 bits per heavy atom. The molecule has 0 aliphatic rings. The van der Waals surface area contributed by atoms with E-state index in [-0.39, 0.29) is 0 Å². The summed E-state index contributed by atoms with van der Waals surface area (Å²) in [5.41, 5.74) is 0.887. The summed E-state index contributed by atoms with van der Waals surface area (Å²) in [5, 5.41) is 8.65. The highest BCUT2D eigenvalue weighted by atomic mass is 79.9. The number of benzene rings is 2. The van der Waals surface area contributed by atoms with Crippen molar-refractivity contribution in [2.75, 3.05) is 19.5 Å². The average molecular weight is 407 g/mol. The van der Waals surface area contributed by atoms with E-state index in [9.17, 15) is 0 Å². The molecule has 2 aromatic carbocycles. The zero-order valence-electron chi connectivity index (χ0n) is 12.9. The third-order valence-corrected chi connectivity index (χ3v) is 4.39. The molecule has 0 aliphatic heterocycles. The van der Waals surface area contributed by atoms with Gasteiger partial charge in [-0.3, -0.25) is 0 Å². The number of ether oxygens (including phenoxy) is 2. The lowest BCUT2D eigenvalue weighted by Gasteiger charge is -2.05. The fraction of sp³-hybridized carbons (Fsp3) is 0.176. The van der Waals surface area contributed by atoms with Gasteiger partial charge in [-0.25, -0.2) is 0 Å². The van der Waals surface area contributed by atoms with Gasteiger partial charge in [0, 0.05) is 15.8 Å². The van der Waals surface area contributed by atoms with Crippen LogP contribution in [0.25, 0.3) is 11.5 Å². The minimum atomic E-state index is 0.509. The molecule has 0 spiro atoms. The van der Waals surface area contributed by atoms with Crippen LogP contribution < -0.4 is 9.47 Å². The summed E-state index contributed by atoms with van der Waals surface area (Å²) in [6.45, 7) is 0.547. The van der Waals surface area contributed by atoms with E-state index in [2.05, 4.69) is 26.1 Å². The van der Waals surface area contributed by atoms with E-state index in [1.54, 1.807) is 7.11 Å². The van der Waals surface area contributed by atoms with Crippen LogP contribution in [0, 0.1) is 0 Å². The van der Waals surface area contributed by atoms with Crippen LogP contribution in [0.15, 0.2) is 62.6 Å². The van der Waals surface area contributed by atoms with Crippen molar-refractivity contribution < 1.29 is 13.9 Å². The van der Waals surface area contributed by atoms with Crippen LogP contribution in [0.4, 0.5) is 0 Å². The van der Waals surface area contributed by atoms with Crippen molar-refractivity contribution in [3.8, 4) is 23.0 Å². The molecular weight excluding hydrogens is 392 g/mol. The molecule has 0 saturated carbocycles. The summed E-state index contributed by atoms with van der Waals surface area (Å²) in [6.07, 6.45) is 0. The highest BCUT2D eigenvalue weighted by molar-refractivity contribution is 9.10. The third kappa shape index (κ3) is 4.52. The number of rotatable bonds is 7. The Labute approximate surface area is 152 Å². The molecule has 3 rings (SSSR count). The number of hydrogen-bond donors (Lipinski definition) is 0. The molecule has 3 aromatic rings. The van der Waals surface area contributed by atoms with Crippen molar-refractivity contribution in [1.82, 2.24) is 10.2 Å². The maximum Gasteiger partial charge on any atom is 0.276 e. The first kappa shape index (κ1) is 16.9. The van der Waals surface area contributed by atoms with E-state index < -0.39 is 0 Å². The molecule has 1 heterocycles. The summed E-state index contributed by atoms with van der Waals surface area (Å²) in [5.74, 6) is 2.83. The molecule has 0 fully saturated rings. The fourth-order valence-electron chi connectivity index (χ4n) is 1.97. The Morgan fingerprint density at radius 1 is 1.08 bits per heavy atom. The van der Waals surface area contributed by atoms with Crippen LogP contribution in [0.2, 0.25) is 0 Å². The molecule has 0 bridgehead atoms. The smallest absolute Gasteiger partial charge is 0.276 e. The van der Waals surface area contributed by atoms with Crippen LogP contribution in [0.3, 0.4) is 0 Å². The van der Waals surface area contributed by atoms with E-state index in [4.69, 9.17) is 13.9 Å². The van der Waals surface area contributed by atoms with Gasteiger partial charge < -0.3 is 13.9 Å². The van der Waals surface area contributed by atoms with Crippen molar-refractivity contribution in [2.45, 2.75) is 5.22 Å². The zero-order chi connectivity index (χ0) is 16.8. The van der Waals surface area contributed by atoms with Gasteiger partial charge in [0.1, 0.15) is 11.5 Å². The lowest BCUT2D eigenvalue weighted by molar-refractivity contribution is 0.342. The molecule has 1 aromatic heterocycles. The van der Waals surface area contributed by atoms with Crippen LogP contribution in [0.5, 0.6) is 11.5 Å². The maximum absolute atomic E-state index is 5.66. The fourth-order valence-corrected chi connectivity index (χ4v) is 2.94. The normalized spacial score (nSPS) is 10.6. The minimum Gasteiger partial charge on any atom is -0.497 e. The van der Waals surface area contributed by atoms with Crippen LogP contribution >= 0.6 is 27.7 Å². The highest BCUT2D eigenvalue weighted by Crippen LogP contribution is 2.25. The summed E-state index contributed by atoms with van der Waals surface area (Å²) in [4.78, 5) is 0. The summed E-state index contributed by atoms with van der Waals surface area (Å²) in [6, 6.07) is 15.2. The minimum absolute atomic E-state index is 0.509. The van der Waals surface area contributed by atoms with Crippen LogP contribution in [-0.2, 0) is 0 Å². The second-order valence-corrected chi connectivity index (χ2v) is 6.72. The molecule has 24 heavy (non-hydrogen) atoms. The second-order valence-electron chi connectivity index (χ2n) is 4.76. The molecule has 7 heteroatoms. The Bertz CT molecular complexity index is 793. The first-order chi connectivity index (χ1) is 11.7. The topological polar surface area (TPSA) is 57.4 Å². The van der Waals surface area contributed by atoms with Gasteiger partial charge in [0.25, 0.3) is 5.22 Å². The lowest BCUT2D eigenvalue weighted by atomic mass is 10.2. The molecule has 0 saturated heterocycles. The number of nitrogens with zero attached hydrogens (tertiary/aromatic N) is 2. The van der Waals surface area contributed by atoms with Gasteiger partial charge >= 0.3 is 0 Å². The van der Waals surface area contributed by atoms with E-state index >= 15 is 0 Å². The SMILES string of the molecule is COc1ccc(OCCSc2nnc(-c3cccc(Br)c3)o2)cc1. The van der Waals surface area contributed by atoms with E-state index in [0.717, 1.165) is 21.5 Å². The Kier molecular flexibility index (Phi) is 5.77. The van der Waals surface area contributed by atoms with E-state index in [1.807, 2.05) is 48.5 Å². The van der Waals surface area contributed by atoms with Crippen LogP contribution in [0.1, 0.15) is 0 Å². The van der Waals surface area contributed by atoms with Gasteiger partial charge in [0.15, 0.2) is 0 Å². The molecule has 0 N–H and O–H groups in total. The first-order valence-electron chi connectivity index (χ1n) is 7.24. The monoisotopic (exact) mass is 406 g/mol. The first-order valence-corrected chi connectivity index (χ1v) is 9.01. The molecule has 0 radical (unpaired) electrons. The average Bonchev–Trinajstić information content (AvgIpc) is 3.08. The third-order valence-electron chi connectivity index (χ3n) is 3.12. The van der Waals surface area contributed by atoms with Crippen LogP contribution in [-0.4, -0.2) is 29.7 Å². The number of aromatic nitrogens is 2. The quantitative estimate of drug-likeness (QED) is 0.419. The standard InChI is InChI=1S/C17H15BrN2O3S/c1-21-14-5-7-15(8-6-14)22-9-10-24-17-20-19-16(23-17)12-3-2-4-13(18)11-12/h2-8,11H,9-10H2,1H3. The predicted octanol–water partition coefficient (Wildman–Crippen LogP) is 4.68. The summed E-state index contributed by atoms with van der Waals surface area (Å²) >= 11 is 4.89. The molecule has 0 atom stereocenters. The van der Waals surface area contributed by atoms with Gasteiger partial charge in [-0.1, -0.05) is 33.8 Å². The number of methoxy groups -OCH3 is 1. The largest absolute Gasteiger partial charge is 0.497 e. The molecule has 0 aliphatic carbocycles. The van der Waals surface area contributed by atoms with E-state index in [1.165, 1.54) is 11.8 Å². The summed E-state index contributed by atoms with van der Waals surface area (Å²) in [7, 11) is 1.64. The van der Waals surface area contributed by atoms with Crippen molar-refractivity contribution in [2.24, 2.45) is 0 Å². The second kappa shape index (κ2) is 8.21. The van der Waals surface area contributed by atoms with Gasteiger partial charge in [-0.15, -0.1) is 10.2 Å². The van der Waals surface area contributed by atoms with Gasteiger partial charge in [-0.05, 0) is 42.5 Å². The van der Waals surface area contributed by atoms with Crippen molar-refractivity contribution in [1.29, 1.82) is 0 Å². The maximum atomic E-state index is 5.66. The molecule has 0 amide bonds. The van der Waals surface area contributed by atoms with Gasteiger partial charge in [0.2, 0.25) is 5.89 Å². The van der Waals surface area contributed by atoms with E-state index in [0.29, 0.717) is 23.5 Å². The Hall–Kier alpha value is -1.99. The molecule has 124 valence electrons. The summed E-state index contributed by atoms with van der Waals surface area (Å²) < 4.78 is 17.4. The van der Waals surface area contributed by atoms with Crippen molar-refractivity contribution >= 4 is 27.7 Å². The molecular formula is C17H15BrN2O3S. The highest BCUT2D eigenvalue weighted by Gasteiger charge is 2.09. The predicted molar refractivity (Wildman–Crippen MR) is 96.6 cm³/mol. The van der Waals surface area contributed by atoms with Gasteiger partial charge in [0.05, 0.1) is 13.7 Å². The van der Waals surface area contributed by atoms with Crippen molar-refractivity contribution in [3.05, 3.63) is 53.0 Å². The number of halogens is 1. The van der Waals surface area contributed by atoms with Gasteiger partial charge in [-0.2, -0.15) is 0 Å². The number of thioether (sulfide) groups is 1. The Morgan fingerprint density at radius 2 is 1.88 bits per heavy atom. The molecule has 5 nitrogen and oxygen atoms in total. The lowest BCUT2D eigenvalue weighted by Crippen LogP contribution is -1.99. The Balaban J connectivity index is 1.48. The molecule has 0 unspecified atom stereocenters. The van der Waals surface area contributed by atoms with Crippen molar-refractivity contribution in [3.63, 3.8) is 0 Å². The number of hydrogen-bond acceptors (Lipinski definition) is 6.